The van der Waals surface area contributed by atoms with Gasteiger partial charge < -0.3 is 15.1 Å². The minimum atomic E-state index is -0.211. The Morgan fingerprint density at radius 1 is 0.848 bits per heavy atom. The van der Waals surface area contributed by atoms with Crippen molar-refractivity contribution in [1.82, 2.24) is 10.2 Å². The van der Waals surface area contributed by atoms with E-state index in [9.17, 15) is 14.4 Å². The average molecular weight is 453 g/mol. The molecular formula is C26H36N4O3. The van der Waals surface area contributed by atoms with Gasteiger partial charge in [0.05, 0.1) is 11.4 Å². The monoisotopic (exact) mass is 452 g/mol. The van der Waals surface area contributed by atoms with Crippen LogP contribution < -0.4 is 15.1 Å². The summed E-state index contributed by atoms with van der Waals surface area (Å²) in [6.45, 7) is 2.44. The summed E-state index contributed by atoms with van der Waals surface area (Å²) in [5.41, 5.74) is 2.29. The minimum absolute atomic E-state index is 0.0106. The molecular weight excluding hydrogens is 416 g/mol. The predicted octanol–water partition coefficient (Wildman–Crippen LogP) is 3.47. The third-order valence-corrected chi connectivity index (χ3v) is 7.79. The Bertz CT molecular complexity index is 905. The molecule has 33 heavy (non-hydrogen) atoms. The van der Waals surface area contributed by atoms with E-state index in [1.165, 1.54) is 12.8 Å². The molecule has 3 amide bonds. The fourth-order valence-electron chi connectivity index (χ4n) is 6.00. The molecule has 1 aliphatic carbocycles. The van der Waals surface area contributed by atoms with Crippen molar-refractivity contribution in [2.45, 2.75) is 82.7 Å². The molecule has 1 saturated carbocycles. The molecule has 1 aromatic rings. The molecule has 7 heteroatoms. The van der Waals surface area contributed by atoms with Crippen LogP contribution in [0.3, 0.4) is 0 Å². The fourth-order valence-corrected chi connectivity index (χ4v) is 6.00. The van der Waals surface area contributed by atoms with Crippen LogP contribution in [0.2, 0.25) is 0 Å². The van der Waals surface area contributed by atoms with Gasteiger partial charge in [-0.25, -0.2) is 0 Å². The summed E-state index contributed by atoms with van der Waals surface area (Å²) in [7, 11) is 0. The zero-order chi connectivity index (χ0) is 22.8. The highest BCUT2D eigenvalue weighted by atomic mass is 16.2. The number of nitrogens with zero attached hydrogens (tertiary/aromatic N) is 3. The zero-order valence-corrected chi connectivity index (χ0v) is 19.6. The van der Waals surface area contributed by atoms with E-state index < -0.39 is 0 Å². The molecule has 0 spiro atoms. The lowest BCUT2D eigenvalue weighted by atomic mass is 9.94. The number of benzene rings is 1. The van der Waals surface area contributed by atoms with Crippen LogP contribution in [0, 0.1) is 0 Å². The quantitative estimate of drug-likeness (QED) is 0.759. The first-order chi connectivity index (χ1) is 16.1. The average Bonchev–Trinajstić information content (AvgIpc) is 2.87. The zero-order valence-electron chi connectivity index (χ0n) is 19.6. The smallest absolute Gasteiger partial charge is 0.253 e. The Kier molecular flexibility index (Phi) is 6.56. The second kappa shape index (κ2) is 9.74. The molecule has 3 aliphatic heterocycles. The van der Waals surface area contributed by atoms with Crippen molar-refractivity contribution >= 4 is 29.1 Å². The number of likely N-dealkylation sites (tertiary alicyclic amines) is 1. The molecule has 4 aliphatic rings. The van der Waals surface area contributed by atoms with Gasteiger partial charge >= 0.3 is 0 Å². The lowest BCUT2D eigenvalue weighted by Crippen LogP contribution is -2.57. The summed E-state index contributed by atoms with van der Waals surface area (Å²) in [6.07, 6.45) is 11.7. The number of carbonyl (C=O) groups excluding carboxylic acids is 3. The van der Waals surface area contributed by atoms with E-state index in [1.807, 2.05) is 23.1 Å². The van der Waals surface area contributed by atoms with E-state index in [4.69, 9.17) is 0 Å². The number of nitrogens with one attached hydrogen (secondary N) is 1. The fraction of sp³-hybridized carbons (Fsp3) is 0.654. The maximum atomic E-state index is 13.5. The largest absolute Gasteiger partial charge is 0.358 e. The van der Waals surface area contributed by atoms with Gasteiger partial charge in [0.25, 0.3) is 5.91 Å². The standard InChI is InChI=1S/C26H36N4O3/c31-24(27-20-9-3-1-4-10-20)18-30-23-17-19(25(32)28-14-6-2-7-15-28)12-13-21(23)29-16-8-5-11-22(29)26(30)33/h12-13,17,20,22H,1-11,14-16,18H2,(H,27,31)/t22-/m0/s1. The number of anilines is 2. The summed E-state index contributed by atoms with van der Waals surface area (Å²) < 4.78 is 0. The summed E-state index contributed by atoms with van der Waals surface area (Å²) >= 11 is 0. The van der Waals surface area contributed by atoms with Crippen LogP contribution in [0.4, 0.5) is 11.4 Å². The molecule has 1 N–H and O–H groups in total. The van der Waals surface area contributed by atoms with Gasteiger partial charge in [-0.05, 0) is 69.6 Å². The number of piperidine rings is 2. The van der Waals surface area contributed by atoms with Crippen LogP contribution in [0.25, 0.3) is 0 Å². The van der Waals surface area contributed by atoms with Crippen LogP contribution in [0.5, 0.6) is 0 Å². The second-order valence-electron chi connectivity index (χ2n) is 10.1. The maximum Gasteiger partial charge on any atom is 0.253 e. The third kappa shape index (κ3) is 4.59. The molecule has 1 aromatic carbocycles. The highest BCUT2D eigenvalue weighted by molar-refractivity contribution is 6.09. The lowest BCUT2D eigenvalue weighted by molar-refractivity contribution is -0.125. The van der Waals surface area contributed by atoms with E-state index >= 15 is 0 Å². The van der Waals surface area contributed by atoms with Crippen molar-refractivity contribution in [2.75, 3.05) is 36.0 Å². The Morgan fingerprint density at radius 3 is 2.33 bits per heavy atom. The van der Waals surface area contributed by atoms with Gasteiger partial charge in [0.15, 0.2) is 0 Å². The van der Waals surface area contributed by atoms with Gasteiger partial charge in [0.2, 0.25) is 11.8 Å². The Labute approximate surface area is 196 Å². The van der Waals surface area contributed by atoms with Crippen molar-refractivity contribution < 1.29 is 14.4 Å². The SMILES string of the molecule is O=C(CN1C(=O)[C@@H]2CCCCN2c2ccc(C(=O)N3CCCCC3)cc21)NC1CCCCC1. The lowest BCUT2D eigenvalue weighted by Gasteiger charge is -2.45. The van der Waals surface area contributed by atoms with Gasteiger partial charge in [-0.1, -0.05) is 19.3 Å². The van der Waals surface area contributed by atoms with Gasteiger partial charge in [0.1, 0.15) is 12.6 Å². The van der Waals surface area contributed by atoms with E-state index in [-0.39, 0.29) is 36.3 Å². The van der Waals surface area contributed by atoms with Gasteiger partial charge in [0, 0.05) is 31.2 Å². The Morgan fingerprint density at radius 2 is 1.55 bits per heavy atom. The van der Waals surface area contributed by atoms with Crippen molar-refractivity contribution in [3.8, 4) is 0 Å². The predicted molar refractivity (Wildman–Crippen MR) is 129 cm³/mol. The van der Waals surface area contributed by atoms with Crippen molar-refractivity contribution in [3.63, 3.8) is 0 Å². The second-order valence-corrected chi connectivity index (χ2v) is 10.1. The first-order valence-electron chi connectivity index (χ1n) is 12.9. The minimum Gasteiger partial charge on any atom is -0.358 e. The molecule has 0 bridgehead atoms. The number of amides is 3. The van der Waals surface area contributed by atoms with Crippen LogP contribution in [-0.4, -0.2) is 60.9 Å². The molecule has 0 radical (unpaired) electrons. The van der Waals surface area contributed by atoms with E-state index in [0.717, 1.165) is 83.1 Å². The molecule has 3 fully saturated rings. The number of carbonyl (C=O) groups is 3. The van der Waals surface area contributed by atoms with Crippen LogP contribution in [-0.2, 0) is 9.59 Å². The summed E-state index contributed by atoms with van der Waals surface area (Å²) in [5, 5.41) is 3.16. The Hall–Kier alpha value is -2.57. The van der Waals surface area contributed by atoms with Crippen LogP contribution in [0.15, 0.2) is 18.2 Å². The highest BCUT2D eigenvalue weighted by Gasteiger charge is 2.40. The maximum absolute atomic E-state index is 13.5. The Balaban J connectivity index is 1.42. The first-order valence-corrected chi connectivity index (χ1v) is 12.9. The highest BCUT2D eigenvalue weighted by Crippen LogP contribution is 2.40. The normalized spacial score (nSPS) is 23.7. The summed E-state index contributed by atoms with van der Waals surface area (Å²) in [4.78, 5) is 45.4. The molecule has 0 unspecified atom stereocenters. The number of hydrogen-bond acceptors (Lipinski definition) is 4. The third-order valence-electron chi connectivity index (χ3n) is 7.79. The molecule has 0 aromatic heterocycles. The molecule has 178 valence electrons. The number of fused-ring (bicyclic) bond motifs is 3. The summed E-state index contributed by atoms with van der Waals surface area (Å²) in [6, 6.07) is 5.74. The van der Waals surface area contributed by atoms with Crippen molar-refractivity contribution in [3.05, 3.63) is 23.8 Å². The van der Waals surface area contributed by atoms with Crippen LogP contribution in [0.1, 0.15) is 81.0 Å². The molecule has 2 saturated heterocycles. The summed E-state index contributed by atoms with van der Waals surface area (Å²) in [5.74, 6) is -0.0842. The van der Waals surface area contributed by atoms with E-state index in [0.29, 0.717) is 11.3 Å². The number of hydrogen-bond donors (Lipinski definition) is 1. The van der Waals surface area contributed by atoms with Crippen molar-refractivity contribution in [2.24, 2.45) is 0 Å². The van der Waals surface area contributed by atoms with Gasteiger partial charge in [-0.15, -0.1) is 0 Å². The number of rotatable bonds is 4. The molecule has 7 nitrogen and oxygen atoms in total. The van der Waals surface area contributed by atoms with Gasteiger partial charge in [-0.2, -0.15) is 0 Å². The van der Waals surface area contributed by atoms with Crippen LogP contribution >= 0.6 is 0 Å². The van der Waals surface area contributed by atoms with Gasteiger partial charge in [-0.3, -0.25) is 19.3 Å². The van der Waals surface area contributed by atoms with E-state index in [2.05, 4.69) is 10.2 Å². The van der Waals surface area contributed by atoms with Crippen molar-refractivity contribution in [1.29, 1.82) is 0 Å². The first kappa shape index (κ1) is 22.2. The van der Waals surface area contributed by atoms with E-state index in [1.54, 1.807) is 4.90 Å². The molecule has 1 atom stereocenters. The molecule has 3 heterocycles. The topological polar surface area (TPSA) is 73.0 Å². The molecule has 5 rings (SSSR count).